The van der Waals surface area contributed by atoms with Gasteiger partial charge in [-0.15, -0.1) is 0 Å². The first-order valence-electron chi connectivity index (χ1n) is 10.5. The van der Waals surface area contributed by atoms with Crippen LogP contribution in [0.25, 0.3) is 0 Å². The van der Waals surface area contributed by atoms with Gasteiger partial charge >= 0.3 is 6.18 Å². The molecule has 30 heavy (non-hydrogen) atoms. The monoisotopic (exact) mass is 430 g/mol. The Labute approximate surface area is 176 Å². The second kappa shape index (κ2) is 11.4. The zero-order valence-corrected chi connectivity index (χ0v) is 17.9. The fraction of sp³-hybridized carbons (Fsp3) is 0.667. The van der Waals surface area contributed by atoms with Gasteiger partial charge in [-0.05, 0) is 57.9 Å². The van der Waals surface area contributed by atoms with Gasteiger partial charge < -0.3 is 25.4 Å². The van der Waals surface area contributed by atoms with Crippen molar-refractivity contribution in [2.24, 2.45) is 4.99 Å². The third kappa shape index (κ3) is 8.02. The summed E-state index contributed by atoms with van der Waals surface area (Å²) in [5.74, 6) is 0.919. The van der Waals surface area contributed by atoms with Crippen LogP contribution in [0.1, 0.15) is 39.2 Å². The molecule has 6 nitrogen and oxygen atoms in total. The number of ether oxygens (including phenoxy) is 1. The molecular weight excluding hydrogens is 397 g/mol. The van der Waals surface area contributed by atoms with Crippen LogP contribution < -0.4 is 15.4 Å². The Bertz CT molecular complexity index is 657. The van der Waals surface area contributed by atoms with Crippen molar-refractivity contribution in [3.63, 3.8) is 0 Å². The van der Waals surface area contributed by atoms with Gasteiger partial charge in [-0.2, -0.15) is 13.2 Å². The Hall–Kier alpha value is -2.00. The third-order valence-electron chi connectivity index (χ3n) is 5.03. The molecule has 0 radical (unpaired) electrons. The number of benzene rings is 1. The van der Waals surface area contributed by atoms with E-state index in [9.17, 15) is 18.3 Å². The van der Waals surface area contributed by atoms with Crippen molar-refractivity contribution in [2.75, 3.05) is 32.8 Å². The number of rotatable bonds is 8. The number of nitrogens with zero attached hydrogens (tertiary/aromatic N) is 2. The van der Waals surface area contributed by atoms with E-state index in [1.54, 1.807) is 0 Å². The van der Waals surface area contributed by atoms with E-state index in [-0.39, 0.29) is 18.9 Å². The summed E-state index contributed by atoms with van der Waals surface area (Å²) in [5.41, 5.74) is -0.736. The van der Waals surface area contributed by atoms with Crippen molar-refractivity contribution in [3.8, 4) is 5.75 Å². The number of hydrogen-bond acceptors (Lipinski definition) is 4. The number of guanidine groups is 1. The van der Waals surface area contributed by atoms with Crippen molar-refractivity contribution in [3.05, 3.63) is 29.8 Å². The van der Waals surface area contributed by atoms with Gasteiger partial charge in [0.05, 0.1) is 12.1 Å². The van der Waals surface area contributed by atoms with Gasteiger partial charge in [0.1, 0.15) is 18.5 Å². The number of likely N-dealkylation sites (tertiary alicyclic amines) is 1. The molecule has 1 saturated heterocycles. The van der Waals surface area contributed by atoms with E-state index in [1.165, 1.54) is 12.1 Å². The predicted octanol–water partition coefficient (Wildman–Crippen LogP) is 2.87. The number of nitrogens with one attached hydrogen (secondary N) is 2. The van der Waals surface area contributed by atoms with Crippen LogP contribution >= 0.6 is 0 Å². The van der Waals surface area contributed by atoms with Crippen LogP contribution in [-0.2, 0) is 6.18 Å². The number of piperidine rings is 1. The molecule has 1 unspecified atom stereocenters. The smallest absolute Gasteiger partial charge is 0.416 e. The Kier molecular flexibility index (Phi) is 9.23. The van der Waals surface area contributed by atoms with E-state index in [1.807, 2.05) is 6.92 Å². The van der Waals surface area contributed by atoms with Crippen molar-refractivity contribution in [1.82, 2.24) is 15.5 Å². The van der Waals surface area contributed by atoms with Crippen LogP contribution in [0.4, 0.5) is 13.2 Å². The predicted molar refractivity (Wildman–Crippen MR) is 112 cm³/mol. The highest BCUT2D eigenvalue weighted by molar-refractivity contribution is 5.80. The highest BCUT2D eigenvalue weighted by Gasteiger charge is 2.30. The summed E-state index contributed by atoms with van der Waals surface area (Å²) in [6.07, 6.45) is -3.19. The fourth-order valence-corrected chi connectivity index (χ4v) is 3.26. The average molecular weight is 431 g/mol. The highest BCUT2D eigenvalue weighted by atomic mass is 19.4. The summed E-state index contributed by atoms with van der Waals surface area (Å²) in [6, 6.07) is 5.28. The van der Waals surface area contributed by atoms with Crippen LogP contribution in [0.3, 0.4) is 0 Å². The molecule has 0 saturated carbocycles. The Morgan fingerprint density at radius 3 is 2.40 bits per heavy atom. The summed E-state index contributed by atoms with van der Waals surface area (Å²) < 4.78 is 43.1. The van der Waals surface area contributed by atoms with Gasteiger partial charge in [-0.3, -0.25) is 4.99 Å². The summed E-state index contributed by atoms with van der Waals surface area (Å²) in [4.78, 5) is 6.87. The van der Waals surface area contributed by atoms with E-state index in [0.717, 1.165) is 38.1 Å². The van der Waals surface area contributed by atoms with Crippen LogP contribution in [0.15, 0.2) is 29.3 Å². The lowest BCUT2D eigenvalue weighted by Crippen LogP contribution is -2.50. The van der Waals surface area contributed by atoms with Gasteiger partial charge in [0.25, 0.3) is 0 Å². The molecule has 3 N–H and O–H groups in total. The van der Waals surface area contributed by atoms with Crippen molar-refractivity contribution < 1.29 is 23.0 Å². The summed E-state index contributed by atoms with van der Waals surface area (Å²) in [5, 5.41) is 16.7. The van der Waals surface area contributed by atoms with Crippen molar-refractivity contribution >= 4 is 5.96 Å². The number of halogens is 3. The largest absolute Gasteiger partial charge is 0.491 e. The highest BCUT2D eigenvalue weighted by Crippen LogP contribution is 2.30. The molecule has 2 rings (SSSR count). The molecule has 0 aliphatic carbocycles. The number of aliphatic hydroxyl groups is 1. The number of hydrogen-bond donors (Lipinski definition) is 3. The Morgan fingerprint density at radius 2 is 1.87 bits per heavy atom. The van der Waals surface area contributed by atoms with Gasteiger partial charge in [0, 0.05) is 31.7 Å². The first kappa shape index (κ1) is 24.3. The molecule has 1 heterocycles. The molecule has 1 aromatic rings. The minimum Gasteiger partial charge on any atom is -0.491 e. The van der Waals surface area contributed by atoms with Gasteiger partial charge in [0.2, 0.25) is 0 Å². The standard InChI is InChI=1S/C21H33F3N4O2/c1-4-25-20(27-17-9-11-28(12-10-17)15(2)3)26-13-18(29)14-30-19-7-5-16(6-8-19)21(22,23)24/h5-8,15,17-18,29H,4,9-14H2,1-3H3,(H2,25,26,27). The molecule has 0 spiro atoms. The number of alkyl halides is 3. The first-order chi connectivity index (χ1) is 14.2. The first-order valence-corrected chi connectivity index (χ1v) is 10.5. The van der Waals surface area contributed by atoms with Gasteiger partial charge in [-0.1, -0.05) is 0 Å². The fourth-order valence-electron chi connectivity index (χ4n) is 3.26. The molecule has 1 aromatic carbocycles. The minimum atomic E-state index is -4.38. The van der Waals surface area contributed by atoms with Crippen molar-refractivity contribution in [1.29, 1.82) is 0 Å². The van der Waals surface area contributed by atoms with Crippen molar-refractivity contribution in [2.45, 2.75) is 58.0 Å². The zero-order valence-electron chi connectivity index (χ0n) is 17.9. The minimum absolute atomic E-state index is 0.0545. The average Bonchev–Trinajstić information content (AvgIpc) is 2.70. The molecule has 0 bridgehead atoms. The molecule has 1 aliphatic heterocycles. The molecule has 1 fully saturated rings. The lowest BCUT2D eigenvalue weighted by molar-refractivity contribution is -0.137. The van der Waals surface area contributed by atoms with E-state index in [4.69, 9.17) is 4.74 Å². The second-order valence-electron chi connectivity index (χ2n) is 7.75. The zero-order chi connectivity index (χ0) is 22.1. The maximum atomic E-state index is 12.6. The summed E-state index contributed by atoms with van der Waals surface area (Å²) in [7, 11) is 0. The maximum Gasteiger partial charge on any atom is 0.416 e. The molecule has 0 amide bonds. The molecular formula is C21H33F3N4O2. The molecule has 170 valence electrons. The number of aliphatic hydroxyl groups excluding tert-OH is 1. The van der Waals surface area contributed by atoms with Gasteiger partial charge in [-0.25, -0.2) is 0 Å². The topological polar surface area (TPSA) is 69.1 Å². The third-order valence-corrected chi connectivity index (χ3v) is 5.03. The van der Waals surface area contributed by atoms with E-state index in [2.05, 4.69) is 34.4 Å². The lowest BCUT2D eigenvalue weighted by Gasteiger charge is -2.35. The molecule has 9 heteroatoms. The SMILES string of the molecule is CCNC(=NCC(O)COc1ccc(C(F)(F)F)cc1)NC1CCN(C(C)C)CC1. The normalized spacial score (nSPS) is 17.8. The van der Waals surface area contributed by atoms with E-state index in [0.29, 0.717) is 24.6 Å². The number of aliphatic imine (C=N–C) groups is 1. The van der Waals surface area contributed by atoms with Crippen LogP contribution in [-0.4, -0.2) is 66.9 Å². The van der Waals surface area contributed by atoms with Crippen LogP contribution in [0.5, 0.6) is 5.75 Å². The maximum absolute atomic E-state index is 12.6. The summed E-state index contributed by atoms with van der Waals surface area (Å²) >= 11 is 0. The second-order valence-corrected chi connectivity index (χ2v) is 7.75. The molecule has 1 aliphatic rings. The Morgan fingerprint density at radius 1 is 1.23 bits per heavy atom. The van der Waals surface area contributed by atoms with E-state index < -0.39 is 17.8 Å². The quantitative estimate of drug-likeness (QED) is 0.437. The lowest BCUT2D eigenvalue weighted by atomic mass is 10.0. The summed E-state index contributed by atoms with van der Waals surface area (Å²) in [6.45, 7) is 9.23. The van der Waals surface area contributed by atoms with Gasteiger partial charge in [0.15, 0.2) is 5.96 Å². The van der Waals surface area contributed by atoms with E-state index >= 15 is 0 Å². The van der Waals surface area contributed by atoms with Crippen LogP contribution in [0, 0.1) is 0 Å². The van der Waals surface area contributed by atoms with Crippen LogP contribution in [0.2, 0.25) is 0 Å². The molecule has 0 aromatic heterocycles. The molecule has 1 atom stereocenters. The Balaban J connectivity index is 1.79.